The lowest BCUT2D eigenvalue weighted by atomic mass is 9.87. The first kappa shape index (κ1) is 13.5. The third kappa shape index (κ3) is 2.41. The standard InChI is InChI=1S/C17H22O3/c1-20-15-7-6-13(17(8-9-17)11-16(18)19)10-14(15)12-4-2-3-5-12/h6-7,10,12H,2-5,8-9,11H2,1H3,(H,18,19). The fourth-order valence-electron chi connectivity index (χ4n) is 3.63. The smallest absolute Gasteiger partial charge is 0.304 e. The Morgan fingerprint density at radius 2 is 2.05 bits per heavy atom. The number of benzene rings is 1. The van der Waals surface area contributed by atoms with Gasteiger partial charge in [-0.25, -0.2) is 0 Å². The predicted octanol–water partition coefficient (Wildman–Crippen LogP) is 3.86. The summed E-state index contributed by atoms with van der Waals surface area (Å²) in [5.41, 5.74) is 2.38. The molecule has 0 amide bonds. The average molecular weight is 274 g/mol. The molecule has 0 atom stereocenters. The molecule has 0 spiro atoms. The maximum atomic E-state index is 11.1. The Morgan fingerprint density at radius 1 is 1.35 bits per heavy atom. The SMILES string of the molecule is COc1ccc(C2(CC(=O)O)CC2)cc1C1CCCC1. The summed E-state index contributed by atoms with van der Waals surface area (Å²) in [6.07, 6.45) is 7.28. The van der Waals surface area contributed by atoms with Gasteiger partial charge in [0.05, 0.1) is 13.5 Å². The van der Waals surface area contributed by atoms with Gasteiger partial charge in [0.15, 0.2) is 0 Å². The molecule has 1 N–H and O–H groups in total. The molecule has 2 saturated carbocycles. The van der Waals surface area contributed by atoms with Crippen LogP contribution in [0.4, 0.5) is 0 Å². The highest BCUT2D eigenvalue weighted by Crippen LogP contribution is 2.52. The van der Waals surface area contributed by atoms with Gasteiger partial charge in [-0.1, -0.05) is 25.0 Å². The second-order valence-corrected chi connectivity index (χ2v) is 6.29. The van der Waals surface area contributed by atoms with Gasteiger partial charge >= 0.3 is 5.97 Å². The molecule has 2 aliphatic rings. The number of carbonyl (C=O) groups is 1. The second kappa shape index (κ2) is 5.12. The molecule has 0 heterocycles. The Labute approximate surface area is 120 Å². The van der Waals surface area contributed by atoms with Crippen LogP contribution in [0.25, 0.3) is 0 Å². The zero-order valence-corrected chi connectivity index (χ0v) is 12.0. The third-order valence-corrected chi connectivity index (χ3v) is 4.98. The molecular weight excluding hydrogens is 252 g/mol. The van der Waals surface area contributed by atoms with Crippen molar-refractivity contribution in [3.8, 4) is 5.75 Å². The van der Waals surface area contributed by atoms with Crippen LogP contribution in [0.15, 0.2) is 18.2 Å². The number of methoxy groups -OCH3 is 1. The minimum absolute atomic E-state index is 0.106. The van der Waals surface area contributed by atoms with E-state index in [4.69, 9.17) is 9.84 Å². The highest BCUT2D eigenvalue weighted by Gasteiger charge is 2.46. The lowest BCUT2D eigenvalue weighted by Gasteiger charge is -2.19. The highest BCUT2D eigenvalue weighted by molar-refractivity contribution is 5.70. The summed E-state index contributed by atoms with van der Waals surface area (Å²) in [5.74, 6) is 0.859. The molecule has 3 rings (SSSR count). The van der Waals surface area contributed by atoms with Gasteiger partial charge in [0, 0.05) is 5.41 Å². The molecule has 108 valence electrons. The Bertz CT molecular complexity index is 511. The van der Waals surface area contributed by atoms with Crippen molar-refractivity contribution >= 4 is 5.97 Å². The largest absolute Gasteiger partial charge is 0.496 e. The highest BCUT2D eigenvalue weighted by atomic mass is 16.5. The summed E-state index contributed by atoms with van der Waals surface area (Å²) in [7, 11) is 1.72. The van der Waals surface area contributed by atoms with E-state index < -0.39 is 5.97 Å². The van der Waals surface area contributed by atoms with Crippen molar-refractivity contribution in [2.75, 3.05) is 7.11 Å². The summed E-state index contributed by atoms with van der Waals surface area (Å²) in [6.45, 7) is 0. The Balaban J connectivity index is 1.93. The Hall–Kier alpha value is -1.51. The molecular formula is C17H22O3. The lowest BCUT2D eigenvalue weighted by molar-refractivity contribution is -0.137. The molecule has 0 unspecified atom stereocenters. The molecule has 0 radical (unpaired) electrons. The van der Waals surface area contributed by atoms with Crippen molar-refractivity contribution in [3.63, 3.8) is 0 Å². The number of hydrogen-bond acceptors (Lipinski definition) is 2. The summed E-state index contributed by atoms with van der Waals surface area (Å²) >= 11 is 0. The van der Waals surface area contributed by atoms with Gasteiger partial charge in [-0.2, -0.15) is 0 Å². The molecule has 1 aromatic rings. The fraction of sp³-hybridized carbons (Fsp3) is 0.588. The number of hydrogen-bond donors (Lipinski definition) is 1. The summed E-state index contributed by atoms with van der Waals surface area (Å²) < 4.78 is 5.51. The van der Waals surface area contributed by atoms with Gasteiger partial charge in [0.1, 0.15) is 5.75 Å². The van der Waals surface area contributed by atoms with Gasteiger partial charge in [-0.3, -0.25) is 4.79 Å². The fourth-order valence-corrected chi connectivity index (χ4v) is 3.63. The molecule has 0 saturated heterocycles. The molecule has 3 heteroatoms. The van der Waals surface area contributed by atoms with E-state index in [0.29, 0.717) is 5.92 Å². The Kier molecular flexibility index (Phi) is 3.45. The van der Waals surface area contributed by atoms with Crippen molar-refractivity contribution in [1.29, 1.82) is 0 Å². The second-order valence-electron chi connectivity index (χ2n) is 6.29. The van der Waals surface area contributed by atoms with Gasteiger partial charge in [0.2, 0.25) is 0 Å². The third-order valence-electron chi connectivity index (χ3n) is 4.98. The monoisotopic (exact) mass is 274 g/mol. The molecule has 0 bridgehead atoms. The number of aliphatic carboxylic acids is 1. The number of ether oxygens (including phenoxy) is 1. The van der Waals surface area contributed by atoms with E-state index in [9.17, 15) is 4.79 Å². The first-order chi connectivity index (χ1) is 9.64. The van der Waals surface area contributed by atoms with Gasteiger partial charge in [-0.15, -0.1) is 0 Å². The van der Waals surface area contributed by atoms with E-state index in [1.54, 1.807) is 7.11 Å². The van der Waals surface area contributed by atoms with Crippen LogP contribution in [-0.4, -0.2) is 18.2 Å². The van der Waals surface area contributed by atoms with Crippen molar-refractivity contribution in [1.82, 2.24) is 0 Å². The van der Waals surface area contributed by atoms with E-state index in [2.05, 4.69) is 12.1 Å². The zero-order valence-electron chi connectivity index (χ0n) is 12.0. The average Bonchev–Trinajstić information content (AvgIpc) is 3.01. The van der Waals surface area contributed by atoms with E-state index in [-0.39, 0.29) is 11.8 Å². The van der Waals surface area contributed by atoms with E-state index >= 15 is 0 Å². The molecule has 0 aromatic heterocycles. The first-order valence-electron chi connectivity index (χ1n) is 7.55. The maximum absolute atomic E-state index is 11.1. The van der Waals surface area contributed by atoms with Gasteiger partial charge in [-0.05, 0) is 48.8 Å². The topological polar surface area (TPSA) is 46.5 Å². The number of carboxylic acid groups (broad SMARTS) is 1. The minimum Gasteiger partial charge on any atom is -0.496 e. The normalized spacial score (nSPS) is 20.9. The van der Waals surface area contributed by atoms with Crippen LogP contribution in [0.2, 0.25) is 0 Å². The van der Waals surface area contributed by atoms with Gasteiger partial charge in [0.25, 0.3) is 0 Å². The molecule has 3 nitrogen and oxygen atoms in total. The van der Waals surface area contributed by atoms with Crippen LogP contribution in [0.3, 0.4) is 0 Å². The lowest BCUT2D eigenvalue weighted by Crippen LogP contribution is -2.13. The van der Waals surface area contributed by atoms with Crippen molar-refractivity contribution in [2.24, 2.45) is 0 Å². The van der Waals surface area contributed by atoms with Crippen LogP contribution >= 0.6 is 0 Å². The van der Waals surface area contributed by atoms with Crippen LogP contribution in [0.5, 0.6) is 5.75 Å². The van der Waals surface area contributed by atoms with Crippen LogP contribution < -0.4 is 4.74 Å². The van der Waals surface area contributed by atoms with Crippen molar-refractivity contribution in [3.05, 3.63) is 29.3 Å². The van der Waals surface area contributed by atoms with Crippen molar-refractivity contribution < 1.29 is 14.6 Å². The van der Waals surface area contributed by atoms with Crippen LogP contribution in [0, 0.1) is 0 Å². The number of rotatable bonds is 5. The predicted molar refractivity (Wildman–Crippen MR) is 77.4 cm³/mol. The Morgan fingerprint density at radius 3 is 2.60 bits per heavy atom. The number of carboxylic acids is 1. The van der Waals surface area contributed by atoms with E-state index in [1.165, 1.54) is 36.8 Å². The summed E-state index contributed by atoms with van der Waals surface area (Å²) in [4.78, 5) is 11.1. The summed E-state index contributed by atoms with van der Waals surface area (Å²) in [6, 6.07) is 6.32. The van der Waals surface area contributed by atoms with Crippen LogP contribution in [-0.2, 0) is 10.2 Å². The van der Waals surface area contributed by atoms with E-state index in [0.717, 1.165) is 18.6 Å². The quantitative estimate of drug-likeness (QED) is 0.886. The van der Waals surface area contributed by atoms with Crippen LogP contribution in [0.1, 0.15) is 62.0 Å². The molecule has 0 aliphatic heterocycles. The zero-order chi connectivity index (χ0) is 14.2. The molecule has 20 heavy (non-hydrogen) atoms. The van der Waals surface area contributed by atoms with Crippen molar-refractivity contribution in [2.45, 2.75) is 56.3 Å². The molecule has 1 aromatic carbocycles. The first-order valence-corrected chi connectivity index (χ1v) is 7.55. The molecule has 2 aliphatic carbocycles. The molecule has 2 fully saturated rings. The summed E-state index contributed by atoms with van der Waals surface area (Å²) in [5, 5.41) is 9.11. The van der Waals surface area contributed by atoms with Gasteiger partial charge < -0.3 is 9.84 Å². The maximum Gasteiger partial charge on any atom is 0.304 e. The minimum atomic E-state index is -0.694. The van der Waals surface area contributed by atoms with E-state index in [1.807, 2.05) is 6.07 Å².